The number of hydrogen-bond acceptors (Lipinski definition) is 3. The Kier molecular flexibility index (Phi) is 4.61. The first-order valence-electron chi connectivity index (χ1n) is 10.6. The molecule has 0 N–H and O–H groups in total. The van der Waals surface area contributed by atoms with Crippen LogP contribution in [0.1, 0.15) is 71.6 Å². The highest BCUT2D eigenvalue weighted by atomic mass is 32.2. The van der Waals surface area contributed by atoms with E-state index in [0.29, 0.717) is 17.3 Å². The summed E-state index contributed by atoms with van der Waals surface area (Å²) >= 11 is 0. The number of rotatable bonds is 3. The molecule has 26 heavy (non-hydrogen) atoms. The lowest BCUT2D eigenvalue weighted by molar-refractivity contribution is -0.204. The van der Waals surface area contributed by atoms with Crippen molar-refractivity contribution in [2.45, 2.75) is 71.6 Å². The molecule has 8 atom stereocenters. The van der Waals surface area contributed by atoms with Crippen LogP contribution in [-0.2, 0) is 20.3 Å². The van der Waals surface area contributed by atoms with Crippen LogP contribution in [0.4, 0.5) is 0 Å². The molecule has 3 nitrogen and oxygen atoms in total. The predicted octanol–water partition coefficient (Wildman–Crippen LogP) is 4.57. The third-order valence-electron chi connectivity index (χ3n) is 9.43. The van der Waals surface area contributed by atoms with Crippen LogP contribution < -0.4 is 0 Å². The molecule has 0 saturated heterocycles. The molecule has 2 bridgehead atoms. The van der Waals surface area contributed by atoms with Crippen molar-refractivity contribution in [1.82, 2.24) is 0 Å². The Bertz CT molecular complexity index is 619. The highest BCUT2D eigenvalue weighted by molar-refractivity contribution is 7.84. The Morgan fingerprint density at radius 2 is 1.85 bits per heavy atom. The largest absolute Gasteiger partial charge is 0.469 e. The van der Waals surface area contributed by atoms with E-state index in [1.54, 1.807) is 7.11 Å². The molecule has 5 aliphatic carbocycles. The summed E-state index contributed by atoms with van der Waals surface area (Å²) in [7, 11) is 0.878. The molecule has 5 rings (SSSR count). The number of hydrogen-bond donors (Lipinski definition) is 0. The molecule has 5 fully saturated rings. The van der Waals surface area contributed by atoms with Crippen LogP contribution in [0.15, 0.2) is 0 Å². The SMILES string of the molecule is COC(=O)[C@]1(C)CCC[C@@]2(C)C3CC4CCC3(CCC21)CC4CS(C)=O. The molecule has 148 valence electrons. The monoisotopic (exact) mass is 380 g/mol. The van der Waals surface area contributed by atoms with Crippen molar-refractivity contribution >= 4 is 16.8 Å². The van der Waals surface area contributed by atoms with Gasteiger partial charge in [0.05, 0.1) is 12.5 Å². The zero-order valence-electron chi connectivity index (χ0n) is 17.0. The van der Waals surface area contributed by atoms with E-state index in [4.69, 9.17) is 4.74 Å². The quantitative estimate of drug-likeness (QED) is 0.674. The third-order valence-corrected chi connectivity index (χ3v) is 10.3. The maximum atomic E-state index is 12.7. The average molecular weight is 381 g/mol. The van der Waals surface area contributed by atoms with Gasteiger partial charge in [-0.05, 0) is 92.8 Å². The van der Waals surface area contributed by atoms with Crippen molar-refractivity contribution in [1.29, 1.82) is 0 Å². The molecule has 0 aromatic rings. The van der Waals surface area contributed by atoms with Gasteiger partial charge in [-0.15, -0.1) is 0 Å². The van der Waals surface area contributed by atoms with Crippen LogP contribution in [0.2, 0.25) is 0 Å². The minimum absolute atomic E-state index is 0.0181. The maximum absolute atomic E-state index is 12.7. The number of esters is 1. The zero-order chi connectivity index (χ0) is 18.7. The van der Waals surface area contributed by atoms with Gasteiger partial charge in [0.1, 0.15) is 0 Å². The van der Waals surface area contributed by atoms with E-state index in [0.717, 1.165) is 30.4 Å². The topological polar surface area (TPSA) is 43.4 Å². The number of fused-ring (bicyclic) bond motifs is 3. The van der Waals surface area contributed by atoms with Crippen molar-refractivity contribution in [2.75, 3.05) is 19.1 Å². The number of methoxy groups -OCH3 is 1. The van der Waals surface area contributed by atoms with Crippen molar-refractivity contribution in [3.8, 4) is 0 Å². The van der Waals surface area contributed by atoms with E-state index in [1.807, 2.05) is 6.26 Å². The average Bonchev–Trinajstić information content (AvgIpc) is 2.60. The number of carbonyl (C=O) groups is 1. The normalized spacial score (nSPS) is 51.2. The molecule has 0 amide bonds. The van der Waals surface area contributed by atoms with Crippen LogP contribution in [0.5, 0.6) is 0 Å². The molecular weight excluding hydrogens is 344 g/mol. The summed E-state index contributed by atoms with van der Waals surface area (Å²) in [6, 6.07) is 0. The molecule has 0 aromatic heterocycles. The summed E-state index contributed by atoms with van der Waals surface area (Å²) in [6.07, 6.45) is 13.0. The summed E-state index contributed by atoms with van der Waals surface area (Å²) in [5, 5.41) is 0. The van der Waals surface area contributed by atoms with Crippen molar-refractivity contribution in [2.24, 2.45) is 39.9 Å². The smallest absolute Gasteiger partial charge is 0.311 e. The first kappa shape index (κ1) is 19.0. The van der Waals surface area contributed by atoms with Gasteiger partial charge in [-0.3, -0.25) is 9.00 Å². The molecule has 0 heterocycles. The number of ether oxygens (including phenoxy) is 1. The van der Waals surface area contributed by atoms with Crippen LogP contribution in [0.25, 0.3) is 0 Å². The summed E-state index contributed by atoms with van der Waals surface area (Å²) in [5.41, 5.74) is 0.428. The lowest BCUT2D eigenvalue weighted by Gasteiger charge is -2.68. The van der Waals surface area contributed by atoms with Gasteiger partial charge in [0.15, 0.2) is 0 Å². The van der Waals surface area contributed by atoms with E-state index in [2.05, 4.69) is 13.8 Å². The van der Waals surface area contributed by atoms with Gasteiger partial charge in [0, 0.05) is 22.8 Å². The second-order valence-corrected chi connectivity index (χ2v) is 12.0. The van der Waals surface area contributed by atoms with Crippen LogP contribution >= 0.6 is 0 Å². The molecule has 0 aliphatic heterocycles. The lowest BCUT2D eigenvalue weighted by Crippen LogP contribution is -2.62. The Balaban J connectivity index is 1.66. The van der Waals surface area contributed by atoms with Crippen molar-refractivity contribution < 1.29 is 13.7 Å². The third kappa shape index (κ3) is 2.57. The van der Waals surface area contributed by atoms with E-state index >= 15 is 0 Å². The maximum Gasteiger partial charge on any atom is 0.311 e. The fourth-order valence-electron chi connectivity index (χ4n) is 8.43. The second-order valence-electron chi connectivity index (χ2n) is 10.5. The van der Waals surface area contributed by atoms with Gasteiger partial charge in [0.25, 0.3) is 0 Å². The Morgan fingerprint density at radius 3 is 2.54 bits per heavy atom. The van der Waals surface area contributed by atoms with E-state index in [9.17, 15) is 9.00 Å². The van der Waals surface area contributed by atoms with Gasteiger partial charge >= 0.3 is 5.97 Å². The zero-order valence-corrected chi connectivity index (χ0v) is 17.8. The molecule has 0 radical (unpaired) electrons. The molecule has 1 spiro atoms. The molecule has 6 unspecified atom stereocenters. The van der Waals surface area contributed by atoms with Crippen molar-refractivity contribution in [3.05, 3.63) is 0 Å². The molecule has 4 heteroatoms. The predicted molar refractivity (Wildman–Crippen MR) is 105 cm³/mol. The molecule has 5 aliphatic rings. The fraction of sp³-hybridized carbons (Fsp3) is 0.955. The first-order valence-corrected chi connectivity index (χ1v) is 12.4. The van der Waals surface area contributed by atoms with Gasteiger partial charge in [-0.2, -0.15) is 0 Å². The van der Waals surface area contributed by atoms with Gasteiger partial charge < -0.3 is 4.74 Å². The Hall–Kier alpha value is -0.380. The lowest BCUT2D eigenvalue weighted by atomic mass is 9.36. The highest BCUT2D eigenvalue weighted by Crippen LogP contribution is 2.72. The molecule has 5 saturated carbocycles. The van der Waals surface area contributed by atoms with E-state index < -0.39 is 10.8 Å². The molecular formula is C22H36O3S. The van der Waals surface area contributed by atoms with Gasteiger partial charge in [-0.25, -0.2) is 0 Å². The van der Waals surface area contributed by atoms with Crippen molar-refractivity contribution in [3.63, 3.8) is 0 Å². The minimum Gasteiger partial charge on any atom is -0.469 e. The Labute approximate surface area is 161 Å². The molecule has 0 aromatic carbocycles. The summed E-state index contributed by atoms with van der Waals surface area (Å²) in [4.78, 5) is 12.7. The summed E-state index contributed by atoms with van der Waals surface area (Å²) in [5.74, 6) is 3.56. The standard InChI is InChI=1S/C22H36O3S/c1-20-8-5-9-21(2,19(23)25-3)17(20)7-11-22-10-6-15(12-18(20)22)16(13-22)14-26(4)24/h15-18H,5-14H2,1-4H3/t15?,16?,17?,18?,20-,21-,22?,26?/m1/s1. The van der Waals surface area contributed by atoms with Crippen LogP contribution in [-0.4, -0.2) is 29.3 Å². The van der Waals surface area contributed by atoms with Crippen LogP contribution in [0.3, 0.4) is 0 Å². The van der Waals surface area contributed by atoms with Gasteiger partial charge in [0.2, 0.25) is 0 Å². The number of carbonyl (C=O) groups excluding carboxylic acids is 1. The van der Waals surface area contributed by atoms with Gasteiger partial charge in [-0.1, -0.05) is 13.3 Å². The fourth-order valence-corrected chi connectivity index (χ4v) is 9.43. The van der Waals surface area contributed by atoms with E-state index in [-0.39, 0.29) is 16.8 Å². The minimum atomic E-state index is -0.680. The first-order chi connectivity index (χ1) is 12.2. The summed E-state index contributed by atoms with van der Waals surface area (Å²) in [6.45, 7) is 4.69. The van der Waals surface area contributed by atoms with E-state index in [1.165, 1.54) is 44.9 Å². The van der Waals surface area contributed by atoms with Crippen LogP contribution in [0, 0.1) is 39.9 Å². The Morgan fingerprint density at radius 1 is 1.12 bits per heavy atom. The summed E-state index contributed by atoms with van der Waals surface area (Å²) < 4.78 is 17.2. The second kappa shape index (κ2) is 6.32. The highest BCUT2D eigenvalue weighted by Gasteiger charge is 2.65.